The standard InChI is InChI=1S/C12H22O3/c1-8-6-9(12(2,3)11(8)13)7-10-14-4-5-15-10/h8-11,13H,4-7H2,1-3H3/t8-,9+,11+/m0/s1. The largest absolute Gasteiger partial charge is 0.392 e. The van der Waals surface area contributed by atoms with Gasteiger partial charge < -0.3 is 14.6 Å². The van der Waals surface area contributed by atoms with Gasteiger partial charge in [0.15, 0.2) is 6.29 Å². The van der Waals surface area contributed by atoms with Crippen molar-refractivity contribution in [2.24, 2.45) is 17.3 Å². The van der Waals surface area contributed by atoms with Gasteiger partial charge in [-0.05, 0) is 23.7 Å². The van der Waals surface area contributed by atoms with Crippen molar-refractivity contribution in [2.45, 2.75) is 46.0 Å². The molecule has 88 valence electrons. The minimum atomic E-state index is -0.191. The van der Waals surface area contributed by atoms with Gasteiger partial charge in [-0.1, -0.05) is 20.8 Å². The van der Waals surface area contributed by atoms with Crippen molar-refractivity contribution < 1.29 is 14.6 Å². The molecule has 0 aromatic heterocycles. The summed E-state index contributed by atoms with van der Waals surface area (Å²) in [5.41, 5.74) is -0.00523. The van der Waals surface area contributed by atoms with Crippen LogP contribution in [0, 0.1) is 17.3 Å². The monoisotopic (exact) mass is 214 g/mol. The van der Waals surface area contributed by atoms with Crippen LogP contribution in [0.25, 0.3) is 0 Å². The van der Waals surface area contributed by atoms with Gasteiger partial charge in [-0.25, -0.2) is 0 Å². The summed E-state index contributed by atoms with van der Waals surface area (Å²) in [4.78, 5) is 0. The van der Waals surface area contributed by atoms with Crippen LogP contribution in [0.3, 0.4) is 0 Å². The van der Waals surface area contributed by atoms with Crippen molar-refractivity contribution in [2.75, 3.05) is 13.2 Å². The Kier molecular flexibility index (Phi) is 3.06. The Labute approximate surface area is 91.8 Å². The van der Waals surface area contributed by atoms with Crippen molar-refractivity contribution in [3.8, 4) is 0 Å². The van der Waals surface area contributed by atoms with E-state index in [0.717, 1.165) is 26.1 Å². The molecule has 0 spiro atoms. The molecule has 0 amide bonds. The lowest BCUT2D eigenvalue weighted by atomic mass is 9.78. The molecule has 2 rings (SSSR count). The van der Waals surface area contributed by atoms with Crippen molar-refractivity contribution in [1.82, 2.24) is 0 Å². The summed E-state index contributed by atoms with van der Waals surface area (Å²) in [7, 11) is 0. The van der Waals surface area contributed by atoms with Crippen LogP contribution in [0.1, 0.15) is 33.6 Å². The van der Waals surface area contributed by atoms with Crippen LogP contribution in [0.15, 0.2) is 0 Å². The predicted octanol–water partition coefficient (Wildman–Crippen LogP) is 1.79. The summed E-state index contributed by atoms with van der Waals surface area (Å²) >= 11 is 0. The van der Waals surface area contributed by atoms with E-state index in [1.54, 1.807) is 0 Å². The summed E-state index contributed by atoms with van der Waals surface area (Å²) < 4.78 is 10.9. The second-order valence-corrected chi connectivity index (χ2v) is 5.58. The molecule has 3 nitrogen and oxygen atoms in total. The second-order valence-electron chi connectivity index (χ2n) is 5.58. The van der Waals surface area contributed by atoms with Crippen molar-refractivity contribution in [1.29, 1.82) is 0 Å². The zero-order chi connectivity index (χ0) is 11.1. The van der Waals surface area contributed by atoms with Crippen molar-refractivity contribution in [3.63, 3.8) is 0 Å². The van der Waals surface area contributed by atoms with Crippen LogP contribution in [0.4, 0.5) is 0 Å². The Bertz CT molecular complexity index is 221. The first-order chi connectivity index (χ1) is 7.01. The molecule has 3 atom stereocenters. The van der Waals surface area contributed by atoms with Gasteiger partial charge in [0.2, 0.25) is 0 Å². The van der Waals surface area contributed by atoms with E-state index >= 15 is 0 Å². The van der Waals surface area contributed by atoms with E-state index in [9.17, 15) is 5.11 Å². The second kappa shape index (κ2) is 4.04. The van der Waals surface area contributed by atoms with E-state index in [0.29, 0.717) is 11.8 Å². The third kappa shape index (κ3) is 2.05. The fourth-order valence-electron chi connectivity index (χ4n) is 3.03. The SMILES string of the molecule is C[C@H]1C[C@H](CC2OCCO2)C(C)(C)[C@@H]1O. The van der Waals surface area contributed by atoms with Gasteiger partial charge in [-0.3, -0.25) is 0 Å². The maximum absolute atomic E-state index is 10.1. The number of hydrogen-bond donors (Lipinski definition) is 1. The number of rotatable bonds is 2. The number of hydrogen-bond acceptors (Lipinski definition) is 3. The zero-order valence-corrected chi connectivity index (χ0v) is 9.90. The fourth-order valence-corrected chi connectivity index (χ4v) is 3.03. The molecule has 1 N–H and O–H groups in total. The third-order valence-electron chi connectivity index (χ3n) is 4.18. The molecule has 1 saturated carbocycles. The highest BCUT2D eigenvalue weighted by Gasteiger charge is 2.47. The third-order valence-corrected chi connectivity index (χ3v) is 4.18. The van der Waals surface area contributed by atoms with E-state index in [4.69, 9.17) is 9.47 Å². The Hall–Kier alpha value is -0.120. The topological polar surface area (TPSA) is 38.7 Å². The smallest absolute Gasteiger partial charge is 0.158 e. The van der Waals surface area contributed by atoms with Crippen LogP contribution < -0.4 is 0 Å². The average molecular weight is 214 g/mol. The molecule has 1 saturated heterocycles. The Morgan fingerprint density at radius 3 is 2.33 bits per heavy atom. The highest BCUT2D eigenvalue weighted by atomic mass is 16.7. The molecule has 1 aliphatic carbocycles. The van der Waals surface area contributed by atoms with E-state index in [1.165, 1.54) is 0 Å². The van der Waals surface area contributed by atoms with Gasteiger partial charge >= 0.3 is 0 Å². The molecule has 0 bridgehead atoms. The van der Waals surface area contributed by atoms with Gasteiger partial charge in [0.05, 0.1) is 19.3 Å². The molecule has 15 heavy (non-hydrogen) atoms. The van der Waals surface area contributed by atoms with Crippen LogP contribution >= 0.6 is 0 Å². The predicted molar refractivity (Wildman–Crippen MR) is 57.4 cm³/mol. The molecule has 2 fully saturated rings. The van der Waals surface area contributed by atoms with Crippen LogP contribution in [-0.4, -0.2) is 30.7 Å². The molecule has 1 heterocycles. The highest BCUT2D eigenvalue weighted by molar-refractivity contribution is 4.96. The summed E-state index contributed by atoms with van der Waals surface area (Å²) in [6.45, 7) is 7.87. The maximum Gasteiger partial charge on any atom is 0.158 e. The van der Waals surface area contributed by atoms with Crippen LogP contribution in [-0.2, 0) is 9.47 Å². The molecule has 0 unspecified atom stereocenters. The lowest BCUT2D eigenvalue weighted by Gasteiger charge is -2.31. The Balaban J connectivity index is 1.97. The fraction of sp³-hybridized carbons (Fsp3) is 1.00. The first-order valence-electron chi connectivity index (χ1n) is 5.93. The maximum atomic E-state index is 10.1. The first kappa shape index (κ1) is 11.4. The molecule has 1 aliphatic heterocycles. The van der Waals surface area contributed by atoms with Crippen LogP contribution in [0.2, 0.25) is 0 Å². The van der Waals surface area contributed by atoms with E-state index in [-0.39, 0.29) is 17.8 Å². The van der Waals surface area contributed by atoms with E-state index in [2.05, 4.69) is 20.8 Å². The lowest BCUT2D eigenvalue weighted by molar-refractivity contribution is -0.0712. The van der Waals surface area contributed by atoms with E-state index < -0.39 is 0 Å². The molecule has 0 aromatic carbocycles. The minimum absolute atomic E-state index is 0.00523. The molecular formula is C12H22O3. The van der Waals surface area contributed by atoms with E-state index in [1.807, 2.05) is 0 Å². The number of ether oxygens (including phenoxy) is 2. The minimum Gasteiger partial charge on any atom is -0.392 e. The van der Waals surface area contributed by atoms with Crippen molar-refractivity contribution in [3.05, 3.63) is 0 Å². The number of aliphatic hydroxyl groups excluding tert-OH is 1. The summed E-state index contributed by atoms with van der Waals surface area (Å²) in [6, 6.07) is 0. The Morgan fingerprint density at radius 1 is 1.27 bits per heavy atom. The summed E-state index contributed by atoms with van der Waals surface area (Å²) in [5, 5.41) is 10.1. The van der Waals surface area contributed by atoms with Gasteiger partial charge in [0.1, 0.15) is 0 Å². The molecule has 0 aromatic rings. The van der Waals surface area contributed by atoms with Gasteiger partial charge in [0, 0.05) is 6.42 Å². The summed E-state index contributed by atoms with van der Waals surface area (Å²) in [5.74, 6) is 0.900. The van der Waals surface area contributed by atoms with Gasteiger partial charge in [-0.2, -0.15) is 0 Å². The molecule has 3 heteroatoms. The van der Waals surface area contributed by atoms with Crippen LogP contribution in [0.5, 0.6) is 0 Å². The molecule has 2 aliphatic rings. The number of aliphatic hydroxyl groups is 1. The first-order valence-corrected chi connectivity index (χ1v) is 5.93. The average Bonchev–Trinajstić information content (AvgIpc) is 2.73. The lowest BCUT2D eigenvalue weighted by Crippen LogP contribution is -2.32. The summed E-state index contributed by atoms with van der Waals surface area (Å²) in [6.07, 6.45) is 1.78. The van der Waals surface area contributed by atoms with Gasteiger partial charge in [-0.15, -0.1) is 0 Å². The zero-order valence-electron chi connectivity index (χ0n) is 9.90. The van der Waals surface area contributed by atoms with Crippen molar-refractivity contribution >= 4 is 0 Å². The highest BCUT2D eigenvalue weighted by Crippen LogP contribution is 2.48. The molecular weight excluding hydrogens is 192 g/mol. The normalized spacial score (nSPS) is 41.2. The van der Waals surface area contributed by atoms with Gasteiger partial charge in [0.25, 0.3) is 0 Å². The Morgan fingerprint density at radius 2 is 1.87 bits per heavy atom. The molecule has 0 radical (unpaired) electrons. The quantitative estimate of drug-likeness (QED) is 0.761.